The van der Waals surface area contributed by atoms with Crippen molar-refractivity contribution in [2.75, 3.05) is 0 Å². The van der Waals surface area contributed by atoms with Crippen LogP contribution in [0.1, 0.15) is 5.56 Å². The Bertz CT molecular complexity index is 697. The number of hydrogen-bond donors (Lipinski definition) is 1. The van der Waals surface area contributed by atoms with Gasteiger partial charge in [0.2, 0.25) is 5.78 Å². The first kappa shape index (κ1) is 10.5. The molecule has 3 rings (SSSR count). The van der Waals surface area contributed by atoms with Crippen LogP contribution in [0.5, 0.6) is 0 Å². The molecule has 0 radical (unpaired) electrons. The van der Waals surface area contributed by atoms with Crippen molar-refractivity contribution in [3.05, 3.63) is 54.6 Å². The lowest BCUT2D eigenvalue weighted by Crippen LogP contribution is -1.90. The summed E-state index contributed by atoms with van der Waals surface area (Å²) in [6.45, 7) is 0. The van der Waals surface area contributed by atoms with Gasteiger partial charge in [-0.2, -0.15) is 5.10 Å². The maximum atomic E-state index is 5.11. The smallest absolute Gasteiger partial charge is 0.233 e. The fraction of sp³-hybridized carbons (Fsp3) is 0. The summed E-state index contributed by atoms with van der Waals surface area (Å²) in [4.78, 5) is 8.39. The van der Waals surface area contributed by atoms with Crippen LogP contribution < -0.4 is 5.84 Å². The topological polar surface area (TPSA) is 68.6 Å². The molecule has 0 fully saturated rings. The van der Waals surface area contributed by atoms with Crippen LogP contribution in [0.15, 0.2) is 54.2 Å². The molecular weight excluding hydrogens is 226 g/mol. The van der Waals surface area contributed by atoms with E-state index in [9.17, 15) is 0 Å². The molecule has 0 aliphatic heterocycles. The first-order valence-corrected chi connectivity index (χ1v) is 5.49. The van der Waals surface area contributed by atoms with Gasteiger partial charge in [0, 0.05) is 30.4 Å². The van der Waals surface area contributed by atoms with Gasteiger partial charge < -0.3 is 5.84 Å². The zero-order chi connectivity index (χ0) is 12.4. The maximum Gasteiger partial charge on any atom is 0.233 e. The van der Waals surface area contributed by atoms with Crippen LogP contribution in [-0.4, -0.2) is 20.6 Å². The van der Waals surface area contributed by atoms with Gasteiger partial charge in [0.15, 0.2) is 0 Å². The van der Waals surface area contributed by atoms with E-state index in [0.717, 1.165) is 16.7 Å². The molecule has 0 unspecified atom stereocenters. The lowest BCUT2D eigenvalue weighted by atomic mass is 10.1. The molecule has 2 N–H and O–H groups in total. The van der Waals surface area contributed by atoms with Crippen molar-refractivity contribution in [3.8, 4) is 11.1 Å². The van der Waals surface area contributed by atoms with Gasteiger partial charge in [-0.05, 0) is 11.1 Å². The summed E-state index contributed by atoms with van der Waals surface area (Å²) in [5.74, 6) is 5.81. The molecule has 0 aliphatic rings. The zero-order valence-corrected chi connectivity index (χ0v) is 9.56. The molecule has 0 atom stereocenters. The van der Waals surface area contributed by atoms with E-state index in [2.05, 4.69) is 15.1 Å². The number of benzene rings is 1. The number of imidazole rings is 1. The SMILES string of the molecule is NN=Cc1ccc(-c2cnc3nccn3c2)cc1. The Balaban J connectivity index is 2.02. The maximum absolute atomic E-state index is 5.11. The van der Waals surface area contributed by atoms with E-state index in [-0.39, 0.29) is 0 Å². The molecule has 0 saturated carbocycles. The summed E-state index contributed by atoms with van der Waals surface area (Å²) in [5.41, 5.74) is 3.10. The molecule has 0 spiro atoms. The highest BCUT2D eigenvalue weighted by molar-refractivity contribution is 5.80. The lowest BCUT2D eigenvalue weighted by Gasteiger charge is -2.02. The van der Waals surface area contributed by atoms with Crippen molar-refractivity contribution in [2.45, 2.75) is 0 Å². The number of nitrogens with two attached hydrogens (primary N) is 1. The predicted molar refractivity (Wildman–Crippen MR) is 70.2 cm³/mol. The summed E-state index contributed by atoms with van der Waals surface area (Å²) in [6, 6.07) is 7.95. The standard InChI is InChI=1S/C13H11N5/c14-17-7-10-1-3-11(4-2-10)12-8-16-13-15-5-6-18(13)9-12/h1-9H,14H2. The third kappa shape index (κ3) is 1.82. The van der Waals surface area contributed by atoms with Crippen molar-refractivity contribution >= 4 is 12.0 Å². The van der Waals surface area contributed by atoms with Crippen molar-refractivity contribution in [1.82, 2.24) is 14.4 Å². The third-order valence-corrected chi connectivity index (χ3v) is 2.71. The summed E-state index contributed by atoms with van der Waals surface area (Å²) in [5, 5.41) is 3.49. The fourth-order valence-corrected chi connectivity index (χ4v) is 1.81. The van der Waals surface area contributed by atoms with E-state index in [1.54, 1.807) is 12.4 Å². The quantitative estimate of drug-likeness (QED) is 0.419. The number of aromatic nitrogens is 3. The van der Waals surface area contributed by atoms with Gasteiger partial charge in [0.05, 0.1) is 6.21 Å². The molecule has 2 aromatic heterocycles. The zero-order valence-electron chi connectivity index (χ0n) is 9.56. The van der Waals surface area contributed by atoms with E-state index in [1.807, 2.05) is 47.3 Å². The van der Waals surface area contributed by atoms with Gasteiger partial charge in [-0.3, -0.25) is 4.40 Å². The molecule has 5 nitrogen and oxygen atoms in total. The largest absolute Gasteiger partial charge is 0.323 e. The average molecular weight is 237 g/mol. The van der Waals surface area contributed by atoms with Crippen LogP contribution in [-0.2, 0) is 0 Å². The Morgan fingerprint density at radius 2 is 1.94 bits per heavy atom. The third-order valence-electron chi connectivity index (χ3n) is 2.71. The molecule has 1 aromatic carbocycles. The minimum atomic E-state index is 0.700. The molecule has 0 bridgehead atoms. The fourth-order valence-electron chi connectivity index (χ4n) is 1.81. The van der Waals surface area contributed by atoms with Gasteiger partial charge in [-0.25, -0.2) is 9.97 Å². The van der Waals surface area contributed by atoms with Gasteiger partial charge in [0.25, 0.3) is 0 Å². The van der Waals surface area contributed by atoms with Crippen molar-refractivity contribution in [3.63, 3.8) is 0 Å². The number of hydrazone groups is 1. The van der Waals surface area contributed by atoms with Gasteiger partial charge in [-0.15, -0.1) is 0 Å². The first-order chi connectivity index (χ1) is 8.86. The van der Waals surface area contributed by atoms with Crippen LogP contribution in [0.25, 0.3) is 16.9 Å². The Morgan fingerprint density at radius 3 is 2.72 bits per heavy atom. The Morgan fingerprint density at radius 1 is 1.11 bits per heavy atom. The van der Waals surface area contributed by atoms with Gasteiger partial charge in [0.1, 0.15) is 0 Å². The molecule has 3 aromatic rings. The summed E-state index contributed by atoms with van der Waals surface area (Å²) < 4.78 is 1.89. The number of fused-ring (bicyclic) bond motifs is 1. The molecule has 0 saturated heterocycles. The first-order valence-electron chi connectivity index (χ1n) is 5.49. The van der Waals surface area contributed by atoms with Crippen LogP contribution in [0.4, 0.5) is 0 Å². The number of hydrogen-bond acceptors (Lipinski definition) is 4. The van der Waals surface area contributed by atoms with E-state index in [0.29, 0.717) is 5.78 Å². The Hall–Kier alpha value is -2.69. The van der Waals surface area contributed by atoms with Crippen LogP contribution in [0.3, 0.4) is 0 Å². The predicted octanol–water partition coefficient (Wildman–Crippen LogP) is 1.69. The minimum Gasteiger partial charge on any atom is -0.323 e. The average Bonchev–Trinajstić information content (AvgIpc) is 2.87. The Labute approximate surface area is 104 Å². The second-order valence-corrected chi connectivity index (χ2v) is 3.88. The molecule has 2 heterocycles. The van der Waals surface area contributed by atoms with E-state index >= 15 is 0 Å². The molecule has 0 aliphatic carbocycles. The van der Waals surface area contributed by atoms with Crippen molar-refractivity contribution < 1.29 is 0 Å². The second kappa shape index (κ2) is 4.29. The summed E-state index contributed by atoms with van der Waals surface area (Å²) in [6.07, 6.45) is 9.03. The van der Waals surface area contributed by atoms with E-state index < -0.39 is 0 Å². The van der Waals surface area contributed by atoms with Crippen LogP contribution >= 0.6 is 0 Å². The Kier molecular flexibility index (Phi) is 2.49. The monoisotopic (exact) mass is 237 g/mol. The van der Waals surface area contributed by atoms with Crippen LogP contribution in [0, 0.1) is 0 Å². The van der Waals surface area contributed by atoms with Crippen molar-refractivity contribution in [2.24, 2.45) is 10.9 Å². The van der Waals surface area contributed by atoms with Gasteiger partial charge in [-0.1, -0.05) is 24.3 Å². The molecule has 88 valence electrons. The molecule has 0 amide bonds. The highest BCUT2D eigenvalue weighted by Gasteiger charge is 2.01. The number of rotatable bonds is 2. The van der Waals surface area contributed by atoms with Crippen LogP contribution in [0.2, 0.25) is 0 Å². The minimum absolute atomic E-state index is 0.700. The highest BCUT2D eigenvalue weighted by Crippen LogP contribution is 2.18. The summed E-state index contributed by atoms with van der Waals surface area (Å²) in [7, 11) is 0. The number of nitrogens with zero attached hydrogens (tertiary/aromatic N) is 4. The normalized spacial score (nSPS) is 11.3. The van der Waals surface area contributed by atoms with Crippen molar-refractivity contribution in [1.29, 1.82) is 0 Å². The molecule has 5 heteroatoms. The second-order valence-electron chi connectivity index (χ2n) is 3.88. The molecule has 18 heavy (non-hydrogen) atoms. The van der Waals surface area contributed by atoms with E-state index in [4.69, 9.17) is 5.84 Å². The van der Waals surface area contributed by atoms with Gasteiger partial charge >= 0.3 is 0 Å². The highest BCUT2D eigenvalue weighted by atomic mass is 15.1. The van der Waals surface area contributed by atoms with E-state index in [1.165, 1.54) is 0 Å². The summed E-state index contributed by atoms with van der Waals surface area (Å²) >= 11 is 0. The lowest BCUT2D eigenvalue weighted by molar-refractivity contribution is 1.11. The molecular formula is C13H11N5.